The molecule has 0 fully saturated rings. The van der Waals surface area contributed by atoms with E-state index in [9.17, 15) is 10.1 Å². The minimum absolute atomic E-state index is 0.0275. The lowest BCUT2D eigenvalue weighted by atomic mass is 10.1. The smallest absolute Gasteiger partial charge is 0.271 e. The van der Waals surface area contributed by atoms with Crippen molar-refractivity contribution in [3.05, 3.63) is 62.7 Å². The van der Waals surface area contributed by atoms with Crippen molar-refractivity contribution in [1.29, 1.82) is 0 Å². The summed E-state index contributed by atoms with van der Waals surface area (Å²) < 4.78 is 7.22. The van der Waals surface area contributed by atoms with Gasteiger partial charge in [-0.05, 0) is 37.1 Å². The van der Waals surface area contributed by atoms with Crippen LogP contribution in [-0.4, -0.2) is 28.4 Å². The number of nitro groups is 1. The molecule has 0 aliphatic carbocycles. The Labute approximate surface area is 160 Å². The minimum Gasteiger partial charge on any atom is -0.496 e. The number of methoxy groups -OCH3 is 1. The molecule has 27 heavy (non-hydrogen) atoms. The SMILES string of the molecule is COc1ccc(Cl)cc1-c1nn(-c2cc([N+](=O)[O-])ccc2C)c2c1CCN2. The topological polar surface area (TPSA) is 82.2 Å². The number of hydrogen-bond acceptors (Lipinski definition) is 5. The molecule has 4 rings (SSSR count). The summed E-state index contributed by atoms with van der Waals surface area (Å²) in [5.74, 6) is 1.52. The van der Waals surface area contributed by atoms with Gasteiger partial charge in [0, 0.05) is 34.8 Å². The Balaban J connectivity index is 1.94. The van der Waals surface area contributed by atoms with Gasteiger partial charge < -0.3 is 10.1 Å². The number of rotatable bonds is 4. The van der Waals surface area contributed by atoms with Gasteiger partial charge in [-0.25, -0.2) is 4.68 Å². The molecule has 3 aromatic rings. The Bertz CT molecular complexity index is 1060. The first-order valence-corrected chi connectivity index (χ1v) is 8.82. The molecular weight excluding hydrogens is 368 g/mol. The molecule has 1 aliphatic heterocycles. The van der Waals surface area contributed by atoms with E-state index in [-0.39, 0.29) is 5.69 Å². The van der Waals surface area contributed by atoms with E-state index in [4.69, 9.17) is 21.4 Å². The van der Waals surface area contributed by atoms with Gasteiger partial charge in [-0.3, -0.25) is 10.1 Å². The van der Waals surface area contributed by atoms with Crippen LogP contribution in [0.3, 0.4) is 0 Å². The van der Waals surface area contributed by atoms with Crippen LogP contribution in [0, 0.1) is 17.0 Å². The molecular formula is C19H17ClN4O3. The van der Waals surface area contributed by atoms with Crippen molar-refractivity contribution >= 4 is 23.1 Å². The molecule has 0 bridgehead atoms. The number of hydrogen-bond donors (Lipinski definition) is 1. The summed E-state index contributed by atoms with van der Waals surface area (Å²) in [7, 11) is 1.60. The number of nitro benzene ring substituents is 1. The standard InChI is InChI=1S/C19H17ClN4O3/c1-11-3-5-13(24(25)26)10-16(11)23-19-14(7-8-21-19)18(22-23)15-9-12(20)4-6-17(15)27-2/h3-6,9-10,21H,7-8H2,1-2H3. The first-order chi connectivity index (χ1) is 13.0. The van der Waals surface area contributed by atoms with Gasteiger partial charge in [-0.15, -0.1) is 0 Å². The number of nitrogens with one attached hydrogen (secondary N) is 1. The zero-order valence-electron chi connectivity index (χ0n) is 14.8. The largest absolute Gasteiger partial charge is 0.496 e. The fourth-order valence-corrected chi connectivity index (χ4v) is 3.54. The van der Waals surface area contributed by atoms with Crippen molar-refractivity contribution in [2.75, 3.05) is 19.0 Å². The first kappa shape index (κ1) is 17.4. The van der Waals surface area contributed by atoms with Crippen LogP contribution in [0.15, 0.2) is 36.4 Å². The second-order valence-corrected chi connectivity index (χ2v) is 6.77. The predicted octanol–water partition coefficient (Wildman–Crippen LogP) is 4.39. The highest BCUT2D eigenvalue weighted by molar-refractivity contribution is 6.31. The van der Waals surface area contributed by atoms with Crippen LogP contribution in [-0.2, 0) is 6.42 Å². The van der Waals surface area contributed by atoms with Crippen LogP contribution in [0.2, 0.25) is 5.02 Å². The average molecular weight is 385 g/mol. The molecule has 2 heterocycles. The van der Waals surface area contributed by atoms with Crippen LogP contribution in [0.4, 0.5) is 11.5 Å². The average Bonchev–Trinajstić information content (AvgIpc) is 3.24. The fraction of sp³-hybridized carbons (Fsp3) is 0.211. The fourth-order valence-electron chi connectivity index (χ4n) is 3.37. The zero-order chi connectivity index (χ0) is 19.1. The molecule has 0 amide bonds. The maximum atomic E-state index is 11.2. The normalized spacial score (nSPS) is 12.6. The lowest BCUT2D eigenvalue weighted by Gasteiger charge is -2.10. The van der Waals surface area contributed by atoms with Crippen molar-refractivity contribution in [2.45, 2.75) is 13.3 Å². The van der Waals surface area contributed by atoms with Gasteiger partial charge in [0.15, 0.2) is 0 Å². The lowest BCUT2D eigenvalue weighted by Crippen LogP contribution is -2.06. The molecule has 1 N–H and O–H groups in total. The number of aromatic nitrogens is 2. The Kier molecular flexibility index (Phi) is 4.24. The van der Waals surface area contributed by atoms with E-state index in [1.807, 2.05) is 19.1 Å². The van der Waals surface area contributed by atoms with Crippen molar-refractivity contribution in [3.8, 4) is 22.7 Å². The summed E-state index contributed by atoms with van der Waals surface area (Å²) in [6, 6.07) is 10.2. The molecule has 8 heteroatoms. The van der Waals surface area contributed by atoms with Crippen molar-refractivity contribution in [2.24, 2.45) is 0 Å². The molecule has 0 saturated heterocycles. The third-order valence-electron chi connectivity index (χ3n) is 4.70. The summed E-state index contributed by atoms with van der Waals surface area (Å²) in [5, 5.41) is 19.9. The van der Waals surface area contributed by atoms with Gasteiger partial charge in [0.25, 0.3) is 5.69 Å². The molecule has 0 atom stereocenters. The van der Waals surface area contributed by atoms with E-state index < -0.39 is 4.92 Å². The quantitative estimate of drug-likeness (QED) is 0.533. The number of benzene rings is 2. The molecule has 0 radical (unpaired) electrons. The maximum absolute atomic E-state index is 11.2. The van der Waals surface area contributed by atoms with E-state index in [0.29, 0.717) is 16.5 Å². The van der Waals surface area contributed by atoms with Crippen LogP contribution >= 0.6 is 11.6 Å². The number of ether oxygens (including phenoxy) is 1. The van der Waals surface area contributed by atoms with Crippen molar-refractivity contribution in [3.63, 3.8) is 0 Å². The highest BCUT2D eigenvalue weighted by Crippen LogP contribution is 2.40. The second kappa shape index (κ2) is 6.59. The van der Waals surface area contributed by atoms with Crippen LogP contribution < -0.4 is 10.1 Å². The molecule has 0 unspecified atom stereocenters. The molecule has 1 aromatic heterocycles. The molecule has 0 spiro atoms. The van der Waals surface area contributed by atoms with Gasteiger partial charge in [0.1, 0.15) is 17.3 Å². The van der Waals surface area contributed by atoms with Gasteiger partial charge in [0.05, 0.1) is 17.7 Å². The van der Waals surface area contributed by atoms with E-state index in [0.717, 1.165) is 41.2 Å². The van der Waals surface area contributed by atoms with E-state index in [1.165, 1.54) is 6.07 Å². The Morgan fingerprint density at radius 3 is 2.85 bits per heavy atom. The van der Waals surface area contributed by atoms with Gasteiger partial charge >= 0.3 is 0 Å². The third-order valence-corrected chi connectivity index (χ3v) is 4.93. The monoisotopic (exact) mass is 384 g/mol. The summed E-state index contributed by atoms with van der Waals surface area (Å²) in [4.78, 5) is 10.8. The van der Waals surface area contributed by atoms with Crippen LogP contribution in [0.25, 0.3) is 16.9 Å². The summed E-state index contributed by atoms with van der Waals surface area (Å²) in [6.45, 7) is 2.68. The van der Waals surface area contributed by atoms with Gasteiger partial charge in [-0.2, -0.15) is 5.10 Å². The minimum atomic E-state index is -0.402. The van der Waals surface area contributed by atoms with E-state index >= 15 is 0 Å². The summed E-state index contributed by atoms with van der Waals surface area (Å²) >= 11 is 6.20. The Morgan fingerprint density at radius 1 is 1.30 bits per heavy atom. The van der Waals surface area contributed by atoms with Crippen molar-refractivity contribution in [1.82, 2.24) is 9.78 Å². The Hall–Kier alpha value is -3.06. The first-order valence-electron chi connectivity index (χ1n) is 8.44. The highest BCUT2D eigenvalue weighted by Gasteiger charge is 2.27. The van der Waals surface area contributed by atoms with E-state index in [2.05, 4.69) is 5.32 Å². The maximum Gasteiger partial charge on any atom is 0.271 e. The second-order valence-electron chi connectivity index (χ2n) is 6.34. The van der Waals surface area contributed by atoms with Crippen molar-refractivity contribution < 1.29 is 9.66 Å². The van der Waals surface area contributed by atoms with Crippen LogP contribution in [0.1, 0.15) is 11.1 Å². The Morgan fingerprint density at radius 2 is 2.11 bits per heavy atom. The van der Waals surface area contributed by atoms with Crippen LogP contribution in [0.5, 0.6) is 5.75 Å². The molecule has 1 aliphatic rings. The predicted molar refractivity (Wildman–Crippen MR) is 104 cm³/mol. The zero-order valence-corrected chi connectivity index (χ0v) is 15.6. The summed E-state index contributed by atoms with van der Waals surface area (Å²) in [5.41, 5.74) is 4.19. The number of anilines is 1. The third kappa shape index (κ3) is 2.90. The molecule has 0 saturated carbocycles. The number of aryl methyl sites for hydroxylation is 1. The highest BCUT2D eigenvalue weighted by atomic mass is 35.5. The van der Waals surface area contributed by atoms with Gasteiger partial charge in [0.2, 0.25) is 0 Å². The van der Waals surface area contributed by atoms with E-state index in [1.54, 1.807) is 30.0 Å². The number of fused-ring (bicyclic) bond motifs is 1. The number of non-ortho nitro benzene ring substituents is 1. The van der Waals surface area contributed by atoms with Gasteiger partial charge in [-0.1, -0.05) is 17.7 Å². The molecule has 7 nitrogen and oxygen atoms in total. The summed E-state index contributed by atoms with van der Waals surface area (Å²) in [6.07, 6.45) is 0.800. The number of halogens is 1. The molecule has 2 aromatic carbocycles. The molecule has 138 valence electrons. The lowest BCUT2D eigenvalue weighted by molar-refractivity contribution is -0.384. The number of nitrogens with zero attached hydrogens (tertiary/aromatic N) is 3.